The molecule has 0 saturated carbocycles. The molecule has 0 radical (unpaired) electrons. The van der Waals surface area contributed by atoms with Gasteiger partial charge in [0.2, 0.25) is 0 Å². The summed E-state index contributed by atoms with van der Waals surface area (Å²) in [6.45, 7) is 9.62. The third-order valence-electron chi connectivity index (χ3n) is 5.28. The molecule has 28 heavy (non-hydrogen) atoms. The van der Waals surface area contributed by atoms with Gasteiger partial charge in [-0.2, -0.15) is 0 Å². The number of nitrogens with zero attached hydrogens (tertiary/aromatic N) is 2. The maximum atomic E-state index is 13.6. The van der Waals surface area contributed by atoms with Crippen LogP contribution in [0.2, 0.25) is 0 Å². The van der Waals surface area contributed by atoms with Crippen LogP contribution in [0.15, 0.2) is 41.8 Å². The highest BCUT2D eigenvalue weighted by Gasteiger charge is 2.29. The molecule has 2 aromatic rings. The van der Waals surface area contributed by atoms with E-state index < -0.39 is 0 Å². The molecular formula is C22H31N3O2S. The number of nitrogens with one attached hydrogen (secondary N) is 1. The van der Waals surface area contributed by atoms with Crippen LogP contribution >= 0.6 is 11.3 Å². The van der Waals surface area contributed by atoms with Crippen molar-refractivity contribution >= 4 is 22.9 Å². The number of ether oxygens (including phenoxy) is 1. The summed E-state index contributed by atoms with van der Waals surface area (Å²) in [7, 11) is 0. The van der Waals surface area contributed by atoms with Crippen LogP contribution in [0.4, 0.5) is 5.69 Å². The highest BCUT2D eigenvalue weighted by atomic mass is 32.1. The third kappa shape index (κ3) is 5.13. The first-order valence-corrected chi connectivity index (χ1v) is 11.1. The van der Waals surface area contributed by atoms with Gasteiger partial charge < -0.3 is 19.9 Å². The Bertz CT molecular complexity index is 724. The smallest absolute Gasteiger partial charge is 0.263 e. The molecule has 0 bridgehead atoms. The number of carbonyl (C=O) groups excluding carboxylic acids is 1. The maximum Gasteiger partial charge on any atom is 0.263 e. The van der Waals surface area contributed by atoms with Crippen LogP contribution in [0.1, 0.15) is 37.0 Å². The normalized spacial score (nSPS) is 16.9. The predicted molar refractivity (Wildman–Crippen MR) is 117 cm³/mol. The van der Waals surface area contributed by atoms with Crippen LogP contribution in [-0.2, 0) is 0 Å². The molecule has 1 unspecified atom stereocenters. The Balaban J connectivity index is 1.77. The molecule has 1 aromatic carbocycles. The van der Waals surface area contributed by atoms with E-state index in [1.54, 1.807) is 0 Å². The van der Waals surface area contributed by atoms with Gasteiger partial charge in [0.1, 0.15) is 6.61 Å². The second-order valence-corrected chi connectivity index (χ2v) is 7.89. The lowest BCUT2D eigenvalue weighted by Crippen LogP contribution is -2.49. The summed E-state index contributed by atoms with van der Waals surface area (Å²) in [6, 6.07) is 12.0. The Hall–Kier alpha value is -1.89. The number of likely N-dealkylation sites (N-methyl/N-ethyl adjacent to an activating group) is 1. The Morgan fingerprint density at radius 3 is 2.68 bits per heavy atom. The van der Waals surface area contributed by atoms with Crippen molar-refractivity contribution < 1.29 is 9.53 Å². The SMILES string of the molecule is CCN(CC)CCOc1sccc1C(=O)N(c1ccccc1)C1CCCNC1. The zero-order valence-corrected chi connectivity index (χ0v) is 17.7. The Labute approximate surface area is 172 Å². The minimum Gasteiger partial charge on any atom is -0.482 e. The fourth-order valence-electron chi connectivity index (χ4n) is 3.64. The number of carbonyl (C=O) groups is 1. The first-order valence-electron chi connectivity index (χ1n) is 10.3. The Kier molecular flexibility index (Phi) is 7.89. The van der Waals surface area contributed by atoms with E-state index in [9.17, 15) is 4.79 Å². The number of amides is 1. The summed E-state index contributed by atoms with van der Waals surface area (Å²) in [5.74, 6) is 0.0268. The molecule has 6 heteroatoms. The number of hydrogen-bond donors (Lipinski definition) is 1. The van der Waals surface area contributed by atoms with Gasteiger partial charge in [-0.15, -0.1) is 11.3 Å². The first kappa shape index (κ1) is 20.8. The average Bonchev–Trinajstić information content (AvgIpc) is 3.21. The highest BCUT2D eigenvalue weighted by Crippen LogP contribution is 2.31. The monoisotopic (exact) mass is 401 g/mol. The van der Waals surface area contributed by atoms with E-state index >= 15 is 0 Å². The van der Waals surface area contributed by atoms with Gasteiger partial charge >= 0.3 is 0 Å². The molecule has 0 spiro atoms. The Morgan fingerprint density at radius 2 is 2.00 bits per heavy atom. The van der Waals surface area contributed by atoms with Crippen molar-refractivity contribution in [3.05, 3.63) is 47.3 Å². The predicted octanol–water partition coefficient (Wildman–Crippen LogP) is 3.87. The summed E-state index contributed by atoms with van der Waals surface area (Å²) in [4.78, 5) is 17.8. The van der Waals surface area contributed by atoms with Crippen LogP contribution in [-0.4, -0.2) is 56.2 Å². The molecule has 2 heterocycles. The molecule has 1 fully saturated rings. The number of rotatable bonds is 9. The van der Waals surface area contributed by atoms with Crippen LogP contribution in [0.3, 0.4) is 0 Å². The van der Waals surface area contributed by atoms with Gasteiger partial charge in [-0.3, -0.25) is 4.79 Å². The number of para-hydroxylation sites is 1. The lowest BCUT2D eigenvalue weighted by molar-refractivity contribution is 0.0968. The van der Waals surface area contributed by atoms with Crippen molar-refractivity contribution in [2.24, 2.45) is 0 Å². The van der Waals surface area contributed by atoms with Gasteiger partial charge in [0.15, 0.2) is 5.06 Å². The maximum absolute atomic E-state index is 13.6. The highest BCUT2D eigenvalue weighted by molar-refractivity contribution is 7.12. The number of hydrogen-bond acceptors (Lipinski definition) is 5. The zero-order chi connectivity index (χ0) is 19.8. The topological polar surface area (TPSA) is 44.8 Å². The van der Waals surface area contributed by atoms with Crippen molar-refractivity contribution in [2.45, 2.75) is 32.7 Å². The van der Waals surface area contributed by atoms with Crippen molar-refractivity contribution in [3.8, 4) is 5.06 Å². The van der Waals surface area contributed by atoms with Gasteiger partial charge in [0, 0.05) is 24.8 Å². The van der Waals surface area contributed by atoms with E-state index in [1.165, 1.54) is 11.3 Å². The lowest BCUT2D eigenvalue weighted by atomic mass is 10.0. The molecule has 5 nitrogen and oxygen atoms in total. The van der Waals surface area contributed by atoms with Crippen LogP contribution in [0.5, 0.6) is 5.06 Å². The van der Waals surface area contributed by atoms with E-state index in [1.807, 2.05) is 46.7 Å². The minimum atomic E-state index is 0.0268. The summed E-state index contributed by atoms with van der Waals surface area (Å²) < 4.78 is 6.02. The fourth-order valence-corrected chi connectivity index (χ4v) is 4.40. The Morgan fingerprint density at radius 1 is 1.21 bits per heavy atom. The standard InChI is InChI=1S/C22H31N3O2S/c1-3-24(4-2)14-15-27-22-20(12-16-28-22)21(26)25(18-9-6-5-7-10-18)19-11-8-13-23-17-19/h5-7,9-10,12,16,19,23H,3-4,8,11,13-15,17H2,1-2H3. The van der Waals surface area contributed by atoms with Gasteiger partial charge in [-0.25, -0.2) is 0 Å². The molecule has 3 rings (SSSR count). The van der Waals surface area contributed by atoms with E-state index in [-0.39, 0.29) is 11.9 Å². The molecule has 1 N–H and O–H groups in total. The molecule has 1 aromatic heterocycles. The van der Waals surface area contributed by atoms with Crippen molar-refractivity contribution in [3.63, 3.8) is 0 Å². The molecule has 1 amide bonds. The van der Waals surface area contributed by atoms with Crippen LogP contribution in [0.25, 0.3) is 0 Å². The molecular weight excluding hydrogens is 370 g/mol. The summed E-state index contributed by atoms with van der Waals surface area (Å²) >= 11 is 1.50. The van der Waals surface area contributed by atoms with Crippen LogP contribution < -0.4 is 15.0 Å². The second-order valence-electron chi connectivity index (χ2n) is 7.01. The van der Waals surface area contributed by atoms with Gasteiger partial charge in [0.25, 0.3) is 5.91 Å². The van der Waals surface area contributed by atoms with Crippen molar-refractivity contribution in [1.29, 1.82) is 0 Å². The van der Waals surface area contributed by atoms with Gasteiger partial charge in [0.05, 0.1) is 5.56 Å². The molecule has 0 aliphatic carbocycles. The second kappa shape index (κ2) is 10.6. The number of thiophene rings is 1. The average molecular weight is 402 g/mol. The molecule has 152 valence electrons. The first-order chi connectivity index (χ1) is 13.7. The molecule has 1 atom stereocenters. The van der Waals surface area contributed by atoms with E-state index in [0.717, 1.165) is 56.3 Å². The number of anilines is 1. The van der Waals surface area contributed by atoms with E-state index in [0.29, 0.717) is 12.2 Å². The van der Waals surface area contributed by atoms with Gasteiger partial charge in [-0.1, -0.05) is 32.0 Å². The fraction of sp³-hybridized carbons (Fsp3) is 0.500. The number of benzene rings is 1. The summed E-state index contributed by atoms with van der Waals surface area (Å²) in [5, 5.41) is 6.10. The molecule has 1 aliphatic heterocycles. The zero-order valence-electron chi connectivity index (χ0n) is 16.9. The van der Waals surface area contributed by atoms with E-state index in [4.69, 9.17) is 4.74 Å². The summed E-state index contributed by atoms with van der Waals surface area (Å²) in [6.07, 6.45) is 2.09. The quantitative estimate of drug-likeness (QED) is 0.693. The third-order valence-corrected chi connectivity index (χ3v) is 6.11. The van der Waals surface area contributed by atoms with Crippen molar-refractivity contribution in [1.82, 2.24) is 10.2 Å². The van der Waals surface area contributed by atoms with Crippen LogP contribution in [0, 0.1) is 0 Å². The molecule has 1 saturated heterocycles. The lowest BCUT2D eigenvalue weighted by Gasteiger charge is -2.34. The minimum absolute atomic E-state index is 0.0268. The van der Waals surface area contributed by atoms with E-state index in [2.05, 4.69) is 24.1 Å². The van der Waals surface area contributed by atoms with Crippen molar-refractivity contribution in [2.75, 3.05) is 44.2 Å². The van der Waals surface area contributed by atoms with Gasteiger partial charge in [-0.05, 0) is 56.1 Å². The molecule has 1 aliphatic rings. The summed E-state index contributed by atoms with van der Waals surface area (Å²) in [5.41, 5.74) is 1.61. The number of piperidine rings is 1. The largest absolute Gasteiger partial charge is 0.482 e.